The first-order chi connectivity index (χ1) is 18.3. The van der Waals surface area contributed by atoms with E-state index in [1.165, 1.54) is 29.6 Å². The zero-order valence-corrected chi connectivity index (χ0v) is 21.5. The molecule has 0 unspecified atom stereocenters. The Labute approximate surface area is 223 Å². The van der Waals surface area contributed by atoms with E-state index >= 15 is 0 Å². The van der Waals surface area contributed by atoms with Crippen LogP contribution in [0.1, 0.15) is 33.5 Å². The SMILES string of the molecule is CCOC(=O)c1nn(-c2ccccc2F)c(=O)c2c(NC(=O)c3c(-c4ccccc4Cl)noc3C)scc12. The van der Waals surface area contributed by atoms with Crippen LogP contribution in [0, 0.1) is 12.7 Å². The number of hydrogen-bond donors (Lipinski definition) is 1. The number of fused-ring (bicyclic) bond motifs is 1. The molecular formula is C26H18ClFN4O5S. The highest BCUT2D eigenvalue weighted by Crippen LogP contribution is 2.34. The first-order valence-electron chi connectivity index (χ1n) is 11.3. The fourth-order valence-electron chi connectivity index (χ4n) is 3.92. The number of carbonyl (C=O) groups excluding carboxylic acids is 2. The molecule has 5 aromatic rings. The number of aryl methyl sites for hydroxylation is 1. The summed E-state index contributed by atoms with van der Waals surface area (Å²) < 4.78 is 25.8. The number of para-hydroxylation sites is 1. The molecule has 0 radical (unpaired) electrons. The molecule has 1 N–H and O–H groups in total. The normalized spacial score (nSPS) is 11.1. The molecule has 0 fully saturated rings. The molecule has 0 saturated carbocycles. The number of nitrogens with one attached hydrogen (secondary N) is 1. The van der Waals surface area contributed by atoms with E-state index in [-0.39, 0.29) is 50.8 Å². The van der Waals surface area contributed by atoms with Crippen molar-refractivity contribution in [1.29, 1.82) is 0 Å². The van der Waals surface area contributed by atoms with Crippen molar-refractivity contribution >= 4 is 50.6 Å². The Bertz CT molecular complexity index is 1780. The summed E-state index contributed by atoms with van der Waals surface area (Å²) in [5.74, 6) is -1.90. The van der Waals surface area contributed by atoms with Crippen molar-refractivity contribution in [2.45, 2.75) is 13.8 Å². The molecule has 5 rings (SSSR count). The molecule has 38 heavy (non-hydrogen) atoms. The number of hydrogen-bond acceptors (Lipinski definition) is 8. The highest BCUT2D eigenvalue weighted by atomic mass is 35.5. The van der Waals surface area contributed by atoms with Gasteiger partial charge in [0, 0.05) is 16.3 Å². The molecule has 0 aliphatic heterocycles. The second kappa shape index (κ2) is 10.2. The van der Waals surface area contributed by atoms with E-state index in [4.69, 9.17) is 20.9 Å². The molecule has 3 aromatic heterocycles. The van der Waals surface area contributed by atoms with Crippen molar-refractivity contribution in [3.05, 3.63) is 92.1 Å². The lowest BCUT2D eigenvalue weighted by atomic mass is 10.1. The van der Waals surface area contributed by atoms with Crippen LogP contribution in [0.2, 0.25) is 5.02 Å². The van der Waals surface area contributed by atoms with E-state index in [0.717, 1.165) is 16.0 Å². The van der Waals surface area contributed by atoms with E-state index in [1.54, 1.807) is 38.1 Å². The summed E-state index contributed by atoms with van der Waals surface area (Å²) >= 11 is 7.32. The third-order valence-corrected chi connectivity index (χ3v) is 6.87. The zero-order chi connectivity index (χ0) is 27.0. The number of halogens is 2. The predicted molar refractivity (Wildman–Crippen MR) is 141 cm³/mol. The standard InChI is InChI=1S/C26H18ClFN4O5S/c1-3-36-26(35)22-15-12-38-24(20(15)25(34)32(30-22)18-11-7-6-10-17(18)28)29-23(33)19-13(2)37-31-21(19)14-8-4-5-9-16(14)27/h4-12H,3H2,1-2H3,(H,29,33). The Morgan fingerprint density at radius 1 is 1.18 bits per heavy atom. The molecule has 3 heterocycles. The van der Waals surface area contributed by atoms with Gasteiger partial charge in [-0.3, -0.25) is 9.59 Å². The topological polar surface area (TPSA) is 116 Å². The minimum absolute atomic E-state index is 0.0296. The fraction of sp³-hybridized carbons (Fsp3) is 0.115. The maximum atomic E-state index is 14.6. The van der Waals surface area contributed by atoms with Crippen molar-refractivity contribution in [3.63, 3.8) is 0 Å². The number of benzene rings is 2. The Kier molecular flexibility index (Phi) is 6.79. The van der Waals surface area contributed by atoms with Crippen LogP contribution >= 0.6 is 22.9 Å². The number of carbonyl (C=O) groups is 2. The van der Waals surface area contributed by atoms with Gasteiger partial charge in [0.15, 0.2) is 5.69 Å². The van der Waals surface area contributed by atoms with Crippen molar-refractivity contribution < 1.29 is 23.2 Å². The first kappa shape index (κ1) is 25.3. The molecule has 2 aromatic carbocycles. The van der Waals surface area contributed by atoms with Crippen LogP contribution < -0.4 is 10.9 Å². The van der Waals surface area contributed by atoms with Crippen LogP contribution in [-0.2, 0) is 4.74 Å². The van der Waals surface area contributed by atoms with Gasteiger partial charge in [-0.25, -0.2) is 9.18 Å². The third-order valence-electron chi connectivity index (χ3n) is 5.65. The summed E-state index contributed by atoms with van der Waals surface area (Å²) in [4.78, 5) is 39.7. The maximum absolute atomic E-state index is 14.6. The van der Waals surface area contributed by atoms with E-state index in [1.807, 2.05) is 0 Å². The van der Waals surface area contributed by atoms with Gasteiger partial charge in [0.1, 0.15) is 33.5 Å². The number of amides is 1. The van der Waals surface area contributed by atoms with Gasteiger partial charge in [-0.05, 0) is 32.0 Å². The molecule has 0 saturated heterocycles. The third kappa shape index (κ3) is 4.35. The summed E-state index contributed by atoms with van der Waals surface area (Å²) in [5, 5.41) is 13.0. The second-order valence-corrected chi connectivity index (χ2v) is 9.27. The first-order valence-corrected chi connectivity index (χ1v) is 12.6. The number of rotatable bonds is 6. The van der Waals surface area contributed by atoms with Crippen LogP contribution in [-0.4, -0.2) is 33.4 Å². The van der Waals surface area contributed by atoms with Crippen molar-refractivity contribution in [3.8, 4) is 16.9 Å². The van der Waals surface area contributed by atoms with Gasteiger partial charge in [0.05, 0.1) is 17.0 Å². The van der Waals surface area contributed by atoms with Crippen LogP contribution in [0.4, 0.5) is 9.39 Å². The van der Waals surface area contributed by atoms with E-state index < -0.39 is 23.3 Å². The largest absolute Gasteiger partial charge is 0.461 e. The predicted octanol–water partition coefficient (Wildman–Crippen LogP) is 5.63. The van der Waals surface area contributed by atoms with E-state index in [2.05, 4.69) is 15.6 Å². The second-order valence-electron chi connectivity index (χ2n) is 7.99. The Morgan fingerprint density at radius 3 is 2.66 bits per heavy atom. The van der Waals surface area contributed by atoms with Gasteiger partial charge in [0.25, 0.3) is 11.5 Å². The molecule has 0 spiro atoms. The van der Waals surface area contributed by atoms with Crippen LogP contribution in [0.5, 0.6) is 0 Å². The number of anilines is 1. The molecule has 0 bridgehead atoms. The van der Waals surface area contributed by atoms with Gasteiger partial charge in [-0.2, -0.15) is 9.78 Å². The van der Waals surface area contributed by atoms with Gasteiger partial charge in [-0.1, -0.05) is 47.1 Å². The monoisotopic (exact) mass is 552 g/mol. The average Bonchev–Trinajstić information content (AvgIpc) is 3.49. The lowest BCUT2D eigenvalue weighted by molar-refractivity contribution is 0.0519. The number of thiophene rings is 1. The average molecular weight is 553 g/mol. The molecular weight excluding hydrogens is 535 g/mol. The molecule has 12 heteroatoms. The number of nitrogens with zero attached hydrogens (tertiary/aromatic N) is 3. The molecule has 1 amide bonds. The lowest BCUT2D eigenvalue weighted by Crippen LogP contribution is -2.26. The van der Waals surface area contributed by atoms with Crippen LogP contribution in [0.3, 0.4) is 0 Å². The molecule has 0 aliphatic carbocycles. The zero-order valence-electron chi connectivity index (χ0n) is 20.0. The number of esters is 1. The molecule has 192 valence electrons. The summed E-state index contributed by atoms with van der Waals surface area (Å²) in [5.41, 5.74) is -0.257. The number of ether oxygens (including phenoxy) is 1. The Hall–Kier alpha value is -4.35. The van der Waals surface area contributed by atoms with Crippen molar-refractivity contribution in [1.82, 2.24) is 14.9 Å². The molecule has 0 aliphatic rings. The summed E-state index contributed by atoms with van der Waals surface area (Å²) in [6, 6.07) is 12.3. The lowest BCUT2D eigenvalue weighted by Gasteiger charge is -2.10. The summed E-state index contributed by atoms with van der Waals surface area (Å²) in [6.45, 7) is 3.26. The maximum Gasteiger partial charge on any atom is 0.359 e. The Balaban J connectivity index is 1.66. The number of aromatic nitrogens is 3. The smallest absolute Gasteiger partial charge is 0.359 e. The van der Waals surface area contributed by atoms with Crippen LogP contribution in [0.25, 0.3) is 27.7 Å². The van der Waals surface area contributed by atoms with Gasteiger partial charge in [-0.15, -0.1) is 11.3 Å². The highest BCUT2D eigenvalue weighted by molar-refractivity contribution is 7.16. The molecule has 9 nitrogen and oxygen atoms in total. The minimum Gasteiger partial charge on any atom is -0.461 e. The highest BCUT2D eigenvalue weighted by Gasteiger charge is 2.27. The quantitative estimate of drug-likeness (QED) is 0.271. The molecule has 0 atom stereocenters. The summed E-state index contributed by atoms with van der Waals surface area (Å²) in [7, 11) is 0. The van der Waals surface area contributed by atoms with E-state index in [9.17, 15) is 18.8 Å². The van der Waals surface area contributed by atoms with Crippen LogP contribution in [0.15, 0.2) is 63.2 Å². The minimum atomic E-state index is -0.797. The van der Waals surface area contributed by atoms with Gasteiger partial charge < -0.3 is 14.6 Å². The van der Waals surface area contributed by atoms with Gasteiger partial charge >= 0.3 is 5.97 Å². The summed E-state index contributed by atoms with van der Waals surface area (Å²) in [6.07, 6.45) is 0. The fourth-order valence-corrected chi connectivity index (χ4v) is 5.08. The Morgan fingerprint density at radius 2 is 1.92 bits per heavy atom. The van der Waals surface area contributed by atoms with Gasteiger partial charge in [0.2, 0.25) is 0 Å². The van der Waals surface area contributed by atoms with Crippen molar-refractivity contribution in [2.75, 3.05) is 11.9 Å². The van der Waals surface area contributed by atoms with E-state index in [0.29, 0.717) is 10.6 Å². The van der Waals surface area contributed by atoms with Crippen molar-refractivity contribution in [2.24, 2.45) is 0 Å².